The van der Waals surface area contributed by atoms with Crippen molar-refractivity contribution >= 4 is 23.6 Å². The van der Waals surface area contributed by atoms with Gasteiger partial charge in [0, 0.05) is 17.3 Å². The van der Waals surface area contributed by atoms with Gasteiger partial charge in [-0.25, -0.2) is 5.10 Å². The van der Waals surface area contributed by atoms with E-state index < -0.39 is 4.92 Å². The van der Waals surface area contributed by atoms with Gasteiger partial charge in [0.15, 0.2) is 0 Å². The van der Waals surface area contributed by atoms with Gasteiger partial charge in [-0.3, -0.25) is 10.1 Å². The van der Waals surface area contributed by atoms with Crippen LogP contribution < -0.4 is 5.32 Å². The minimum absolute atomic E-state index is 0.0722. The van der Waals surface area contributed by atoms with Crippen molar-refractivity contribution in [1.82, 2.24) is 10.2 Å². The second-order valence-electron chi connectivity index (χ2n) is 3.62. The molecule has 0 radical (unpaired) electrons. The number of nitrogens with zero attached hydrogens (tertiary/aromatic N) is 2. The largest absolute Gasteiger partial charge is 0.412 e. The lowest BCUT2D eigenvalue weighted by atomic mass is 10.2. The number of nitrogens with one attached hydrogen (secondary N) is 2. The third kappa shape index (κ3) is 2.72. The van der Waals surface area contributed by atoms with Gasteiger partial charge in [-0.05, 0) is 25.2 Å². The lowest BCUT2D eigenvalue weighted by molar-refractivity contribution is -0.385. The topological polar surface area (TPSA) is 97.0 Å². The fourth-order valence-electron chi connectivity index (χ4n) is 1.43. The normalized spacial score (nSPS) is 10.3. The van der Waals surface area contributed by atoms with Crippen molar-refractivity contribution in [3.05, 3.63) is 44.6 Å². The van der Waals surface area contributed by atoms with E-state index >= 15 is 0 Å². The molecule has 8 heteroatoms. The number of benzene rings is 1. The minimum Gasteiger partial charge on any atom is -0.412 e. The first-order chi connectivity index (χ1) is 8.56. The van der Waals surface area contributed by atoms with Crippen molar-refractivity contribution in [3.8, 4) is 0 Å². The first-order valence-electron chi connectivity index (χ1n) is 5.09. The van der Waals surface area contributed by atoms with Crippen LogP contribution in [0, 0.1) is 21.9 Å². The maximum Gasteiger partial charge on any atom is 0.284 e. The summed E-state index contributed by atoms with van der Waals surface area (Å²) in [4.78, 5) is 10.6. The number of aryl methyl sites for hydroxylation is 1. The summed E-state index contributed by atoms with van der Waals surface area (Å²) < 4.78 is 5.06. The average molecular weight is 266 g/mol. The molecule has 0 unspecified atom stereocenters. The highest BCUT2D eigenvalue weighted by molar-refractivity contribution is 7.71. The lowest BCUT2D eigenvalue weighted by Gasteiger charge is -2.04. The van der Waals surface area contributed by atoms with Crippen molar-refractivity contribution in [2.24, 2.45) is 0 Å². The van der Waals surface area contributed by atoms with Crippen LogP contribution >= 0.6 is 12.2 Å². The molecule has 2 N–H and O–H groups in total. The van der Waals surface area contributed by atoms with E-state index in [-0.39, 0.29) is 10.5 Å². The maximum absolute atomic E-state index is 10.8. The Morgan fingerprint density at radius 1 is 1.61 bits per heavy atom. The number of anilines is 1. The summed E-state index contributed by atoms with van der Waals surface area (Å²) in [5.74, 6) is 0.392. The van der Waals surface area contributed by atoms with Gasteiger partial charge in [-0.2, -0.15) is 0 Å². The van der Waals surface area contributed by atoms with Crippen LogP contribution in [0.25, 0.3) is 0 Å². The van der Waals surface area contributed by atoms with Gasteiger partial charge in [0.2, 0.25) is 5.89 Å². The summed E-state index contributed by atoms with van der Waals surface area (Å²) in [6.45, 7) is 1.99. The van der Waals surface area contributed by atoms with Crippen LogP contribution in [0.15, 0.2) is 22.6 Å². The molecular formula is C10H10N4O3S. The minimum atomic E-state index is -0.416. The van der Waals surface area contributed by atoms with E-state index in [1.807, 2.05) is 0 Å². The van der Waals surface area contributed by atoms with Crippen LogP contribution in [0.1, 0.15) is 11.5 Å². The summed E-state index contributed by atoms with van der Waals surface area (Å²) in [7, 11) is 0. The van der Waals surface area contributed by atoms with E-state index in [1.165, 1.54) is 6.07 Å². The molecule has 1 aromatic heterocycles. The lowest BCUT2D eigenvalue weighted by Crippen LogP contribution is -2.01. The zero-order valence-corrected chi connectivity index (χ0v) is 10.3. The molecule has 0 aliphatic heterocycles. The number of nitro benzene ring substituents is 1. The Balaban J connectivity index is 2.12. The van der Waals surface area contributed by atoms with Crippen molar-refractivity contribution in [3.63, 3.8) is 0 Å². The van der Waals surface area contributed by atoms with Gasteiger partial charge in [0.05, 0.1) is 11.5 Å². The fraction of sp³-hybridized carbons (Fsp3) is 0.200. The van der Waals surface area contributed by atoms with Gasteiger partial charge < -0.3 is 9.73 Å². The standard InChI is InChI=1S/C10H10N4O3S/c1-6-2-3-7(4-8(6)14(15)16)11-5-9-12-13-10(18)17-9/h2-4,11H,5H2,1H3,(H,13,18). The Bertz CT molecular complexity index is 634. The molecule has 7 nitrogen and oxygen atoms in total. The van der Waals surface area contributed by atoms with Gasteiger partial charge >= 0.3 is 0 Å². The molecule has 0 saturated carbocycles. The third-order valence-electron chi connectivity index (χ3n) is 2.33. The van der Waals surface area contributed by atoms with E-state index in [2.05, 4.69) is 15.5 Å². The van der Waals surface area contributed by atoms with Crippen LogP contribution in [0.5, 0.6) is 0 Å². The monoisotopic (exact) mass is 266 g/mol. The summed E-state index contributed by atoms with van der Waals surface area (Å²) in [5, 5.41) is 20.1. The molecule has 2 rings (SSSR count). The van der Waals surface area contributed by atoms with Gasteiger partial charge in [0.25, 0.3) is 10.5 Å². The highest BCUT2D eigenvalue weighted by Gasteiger charge is 2.11. The highest BCUT2D eigenvalue weighted by atomic mass is 32.1. The molecule has 0 fully saturated rings. The molecule has 1 aromatic carbocycles. The second kappa shape index (κ2) is 4.96. The number of aromatic nitrogens is 2. The Kier molecular flexibility index (Phi) is 3.38. The number of hydrogen-bond acceptors (Lipinski definition) is 6. The summed E-state index contributed by atoms with van der Waals surface area (Å²) >= 11 is 4.73. The SMILES string of the molecule is Cc1ccc(NCc2n[nH]c(=S)o2)cc1[N+](=O)[O-]. The number of nitro groups is 1. The predicted molar refractivity (Wildman–Crippen MR) is 66.8 cm³/mol. The smallest absolute Gasteiger partial charge is 0.284 e. The zero-order valence-electron chi connectivity index (χ0n) is 9.47. The molecular weight excluding hydrogens is 256 g/mol. The molecule has 0 aliphatic rings. The molecule has 0 spiro atoms. The first-order valence-corrected chi connectivity index (χ1v) is 5.50. The molecule has 2 aromatic rings. The maximum atomic E-state index is 10.8. The third-order valence-corrected chi connectivity index (χ3v) is 2.51. The zero-order chi connectivity index (χ0) is 13.1. The van der Waals surface area contributed by atoms with E-state index in [0.29, 0.717) is 23.7 Å². The summed E-state index contributed by atoms with van der Waals surface area (Å²) in [6, 6.07) is 4.90. The summed E-state index contributed by atoms with van der Waals surface area (Å²) in [5.41, 5.74) is 1.31. The van der Waals surface area contributed by atoms with Crippen LogP contribution in [0.4, 0.5) is 11.4 Å². The average Bonchev–Trinajstić information content (AvgIpc) is 2.74. The molecule has 0 atom stereocenters. The summed E-state index contributed by atoms with van der Waals surface area (Å²) in [6.07, 6.45) is 0. The van der Waals surface area contributed by atoms with Gasteiger partial charge in [0.1, 0.15) is 0 Å². The molecule has 0 saturated heterocycles. The highest BCUT2D eigenvalue weighted by Crippen LogP contribution is 2.22. The Morgan fingerprint density at radius 3 is 3.00 bits per heavy atom. The van der Waals surface area contributed by atoms with E-state index in [0.717, 1.165) is 0 Å². The van der Waals surface area contributed by atoms with Crippen LogP contribution in [0.2, 0.25) is 0 Å². The van der Waals surface area contributed by atoms with Crippen LogP contribution in [-0.2, 0) is 6.54 Å². The van der Waals surface area contributed by atoms with Crippen molar-refractivity contribution in [1.29, 1.82) is 0 Å². The number of H-pyrrole nitrogens is 1. The van der Waals surface area contributed by atoms with Crippen molar-refractivity contribution in [2.75, 3.05) is 5.32 Å². The molecule has 0 aliphatic carbocycles. The molecule has 18 heavy (non-hydrogen) atoms. The molecule has 0 amide bonds. The van der Waals surface area contributed by atoms with E-state index in [1.54, 1.807) is 19.1 Å². The predicted octanol–water partition coefficient (Wildman–Crippen LogP) is 2.56. The molecule has 1 heterocycles. The second-order valence-corrected chi connectivity index (χ2v) is 3.99. The van der Waals surface area contributed by atoms with Crippen LogP contribution in [-0.4, -0.2) is 15.1 Å². The number of aromatic amines is 1. The van der Waals surface area contributed by atoms with Crippen molar-refractivity contribution in [2.45, 2.75) is 13.5 Å². The molecule has 0 bridgehead atoms. The van der Waals surface area contributed by atoms with Gasteiger partial charge in [-0.15, -0.1) is 5.10 Å². The van der Waals surface area contributed by atoms with Crippen LogP contribution in [0.3, 0.4) is 0 Å². The quantitative estimate of drug-likeness (QED) is 0.501. The van der Waals surface area contributed by atoms with Crippen molar-refractivity contribution < 1.29 is 9.34 Å². The Labute approximate surface area is 107 Å². The Morgan fingerprint density at radius 2 is 2.39 bits per heavy atom. The molecule has 94 valence electrons. The Hall–Kier alpha value is -2.22. The van der Waals surface area contributed by atoms with E-state index in [4.69, 9.17) is 16.6 Å². The number of hydrogen-bond donors (Lipinski definition) is 2. The van der Waals surface area contributed by atoms with E-state index in [9.17, 15) is 10.1 Å². The van der Waals surface area contributed by atoms with Gasteiger partial charge in [-0.1, -0.05) is 6.07 Å². The number of rotatable bonds is 4. The first kappa shape index (κ1) is 12.2. The fourth-order valence-corrected chi connectivity index (χ4v) is 1.57.